The first-order chi connectivity index (χ1) is 13.2. The Labute approximate surface area is 161 Å². The molecule has 3 rings (SSSR count). The van der Waals surface area contributed by atoms with Crippen LogP contribution in [0.1, 0.15) is 30.0 Å². The van der Waals surface area contributed by atoms with Gasteiger partial charge in [-0.25, -0.2) is 0 Å². The van der Waals surface area contributed by atoms with Crippen molar-refractivity contribution in [1.29, 1.82) is 0 Å². The van der Waals surface area contributed by atoms with E-state index in [4.69, 9.17) is 9.47 Å². The molecule has 1 fully saturated rings. The molecule has 27 heavy (non-hydrogen) atoms. The van der Waals surface area contributed by atoms with Gasteiger partial charge in [0.15, 0.2) is 18.1 Å². The monoisotopic (exact) mass is 368 g/mol. The number of methoxy groups -OCH3 is 1. The summed E-state index contributed by atoms with van der Waals surface area (Å²) in [5.41, 5.74) is 2.49. The topological polar surface area (TPSA) is 50.8 Å². The number of benzene rings is 2. The molecule has 1 N–H and O–H groups in total. The highest BCUT2D eigenvalue weighted by Gasteiger charge is 2.24. The third kappa shape index (κ3) is 5.23. The van der Waals surface area contributed by atoms with Crippen LogP contribution in [0.25, 0.3) is 0 Å². The number of rotatable bonds is 8. The van der Waals surface area contributed by atoms with Crippen LogP contribution in [0.15, 0.2) is 48.5 Å². The first-order valence-corrected chi connectivity index (χ1v) is 9.50. The molecule has 5 heteroatoms. The first-order valence-electron chi connectivity index (χ1n) is 9.50. The smallest absolute Gasteiger partial charge is 0.258 e. The predicted molar refractivity (Wildman–Crippen MR) is 106 cm³/mol. The highest BCUT2D eigenvalue weighted by Crippen LogP contribution is 2.26. The zero-order valence-corrected chi connectivity index (χ0v) is 16.1. The van der Waals surface area contributed by atoms with Crippen molar-refractivity contribution in [3.63, 3.8) is 0 Å². The molecule has 1 aliphatic rings. The zero-order valence-electron chi connectivity index (χ0n) is 16.1. The lowest BCUT2D eigenvalue weighted by atomic mass is 10.0. The predicted octanol–water partition coefficient (Wildman–Crippen LogP) is 3.34. The van der Waals surface area contributed by atoms with Gasteiger partial charge >= 0.3 is 0 Å². The van der Waals surface area contributed by atoms with Crippen LogP contribution in [0.3, 0.4) is 0 Å². The largest absolute Gasteiger partial charge is 0.493 e. The number of ether oxygens (including phenoxy) is 2. The van der Waals surface area contributed by atoms with E-state index in [9.17, 15) is 4.79 Å². The van der Waals surface area contributed by atoms with Crippen molar-refractivity contribution in [1.82, 2.24) is 10.2 Å². The molecule has 0 aliphatic carbocycles. The summed E-state index contributed by atoms with van der Waals surface area (Å²) in [4.78, 5) is 14.8. The standard InChI is InChI=1S/C22H28N2O3/c1-17-9-11-18(12-10-17)19(24-13-5-6-14-24)15-23-22(25)16-27-21-8-4-3-7-20(21)26-2/h3-4,7-12,19H,5-6,13-16H2,1-2H3,(H,23,25). The second-order valence-electron chi connectivity index (χ2n) is 6.91. The van der Waals surface area contributed by atoms with E-state index in [0.29, 0.717) is 18.0 Å². The van der Waals surface area contributed by atoms with Crippen molar-refractivity contribution in [3.05, 3.63) is 59.7 Å². The molecule has 2 aromatic carbocycles. The Morgan fingerprint density at radius 2 is 1.74 bits per heavy atom. The van der Waals surface area contributed by atoms with Crippen molar-refractivity contribution < 1.29 is 14.3 Å². The summed E-state index contributed by atoms with van der Waals surface area (Å²) in [7, 11) is 1.59. The van der Waals surface area contributed by atoms with Gasteiger partial charge in [-0.1, -0.05) is 42.0 Å². The molecule has 0 saturated carbocycles. The Balaban J connectivity index is 1.57. The zero-order chi connectivity index (χ0) is 19.1. The van der Waals surface area contributed by atoms with Crippen LogP contribution in [0, 0.1) is 6.92 Å². The van der Waals surface area contributed by atoms with Gasteiger partial charge in [-0.3, -0.25) is 9.69 Å². The highest BCUT2D eigenvalue weighted by atomic mass is 16.5. The molecule has 2 aromatic rings. The number of nitrogens with zero attached hydrogens (tertiary/aromatic N) is 1. The van der Waals surface area contributed by atoms with E-state index in [1.54, 1.807) is 13.2 Å². The summed E-state index contributed by atoms with van der Waals surface area (Å²) in [6.45, 7) is 4.79. The highest BCUT2D eigenvalue weighted by molar-refractivity contribution is 5.77. The molecule has 0 spiro atoms. The van der Waals surface area contributed by atoms with Crippen molar-refractivity contribution in [2.24, 2.45) is 0 Å². The van der Waals surface area contributed by atoms with Gasteiger partial charge in [0.2, 0.25) is 0 Å². The fourth-order valence-electron chi connectivity index (χ4n) is 3.44. The number of para-hydroxylation sites is 2. The molecule has 0 bridgehead atoms. The molecule has 0 aromatic heterocycles. The van der Waals surface area contributed by atoms with E-state index in [-0.39, 0.29) is 18.6 Å². The van der Waals surface area contributed by atoms with Gasteiger partial charge in [0, 0.05) is 6.54 Å². The fourth-order valence-corrected chi connectivity index (χ4v) is 3.44. The van der Waals surface area contributed by atoms with Gasteiger partial charge in [0.05, 0.1) is 13.2 Å². The van der Waals surface area contributed by atoms with Crippen molar-refractivity contribution >= 4 is 5.91 Å². The van der Waals surface area contributed by atoms with E-state index in [1.165, 1.54) is 24.0 Å². The number of aryl methyl sites for hydroxylation is 1. The maximum Gasteiger partial charge on any atom is 0.258 e. The summed E-state index contributed by atoms with van der Waals surface area (Å²) in [5.74, 6) is 1.07. The molecule has 1 atom stereocenters. The SMILES string of the molecule is COc1ccccc1OCC(=O)NCC(c1ccc(C)cc1)N1CCCC1. The van der Waals surface area contributed by atoms with Crippen molar-refractivity contribution in [3.8, 4) is 11.5 Å². The molecule has 144 valence electrons. The Morgan fingerprint density at radius 3 is 2.41 bits per heavy atom. The molecule has 1 saturated heterocycles. The quantitative estimate of drug-likeness (QED) is 0.776. The fraction of sp³-hybridized carbons (Fsp3) is 0.409. The van der Waals surface area contributed by atoms with E-state index < -0.39 is 0 Å². The van der Waals surface area contributed by atoms with Crippen LogP contribution in [0.2, 0.25) is 0 Å². The van der Waals surface area contributed by atoms with Crippen LogP contribution in [-0.2, 0) is 4.79 Å². The molecule has 0 radical (unpaired) electrons. The van der Waals surface area contributed by atoms with Gasteiger partial charge in [0.25, 0.3) is 5.91 Å². The summed E-state index contributed by atoms with van der Waals surface area (Å²) in [5, 5.41) is 3.03. The minimum absolute atomic E-state index is 0.0268. The average molecular weight is 368 g/mol. The summed E-state index contributed by atoms with van der Waals surface area (Å²) in [6.07, 6.45) is 2.43. The Morgan fingerprint density at radius 1 is 1.07 bits per heavy atom. The number of hydrogen-bond donors (Lipinski definition) is 1. The van der Waals surface area contributed by atoms with Gasteiger partial charge in [-0.15, -0.1) is 0 Å². The van der Waals surface area contributed by atoms with Crippen molar-refractivity contribution in [2.75, 3.05) is 33.4 Å². The van der Waals surface area contributed by atoms with Gasteiger partial charge in [-0.05, 0) is 50.6 Å². The third-order valence-electron chi connectivity index (χ3n) is 4.96. The average Bonchev–Trinajstić information content (AvgIpc) is 3.22. The van der Waals surface area contributed by atoms with Gasteiger partial charge < -0.3 is 14.8 Å². The van der Waals surface area contributed by atoms with Gasteiger partial charge in [-0.2, -0.15) is 0 Å². The van der Waals surface area contributed by atoms with Crippen LogP contribution in [0.4, 0.5) is 0 Å². The summed E-state index contributed by atoms with van der Waals surface area (Å²) < 4.78 is 10.9. The molecular formula is C22H28N2O3. The Bertz CT molecular complexity index is 739. The van der Waals surface area contributed by atoms with E-state index in [0.717, 1.165) is 13.1 Å². The Kier molecular flexibility index (Phi) is 6.71. The van der Waals surface area contributed by atoms with Crippen LogP contribution >= 0.6 is 0 Å². The lowest BCUT2D eigenvalue weighted by Gasteiger charge is -2.28. The second-order valence-corrected chi connectivity index (χ2v) is 6.91. The van der Waals surface area contributed by atoms with Crippen molar-refractivity contribution in [2.45, 2.75) is 25.8 Å². The molecular weight excluding hydrogens is 340 g/mol. The molecule has 1 amide bonds. The minimum atomic E-state index is -0.128. The Hall–Kier alpha value is -2.53. The summed E-state index contributed by atoms with van der Waals surface area (Å²) in [6, 6.07) is 16.1. The van der Waals surface area contributed by atoms with Crippen LogP contribution < -0.4 is 14.8 Å². The molecule has 1 heterocycles. The van der Waals surface area contributed by atoms with Gasteiger partial charge in [0.1, 0.15) is 0 Å². The minimum Gasteiger partial charge on any atom is -0.493 e. The number of carbonyl (C=O) groups is 1. The molecule has 1 aliphatic heterocycles. The number of amides is 1. The maximum absolute atomic E-state index is 12.3. The van der Waals surface area contributed by atoms with E-state index >= 15 is 0 Å². The number of carbonyl (C=O) groups excluding carboxylic acids is 1. The maximum atomic E-state index is 12.3. The van der Waals surface area contributed by atoms with Crippen LogP contribution in [-0.4, -0.2) is 44.2 Å². The summed E-state index contributed by atoms with van der Waals surface area (Å²) >= 11 is 0. The number of nitrogens with one attached hydrogen (secondary N) is 1. The van der Waals surface area contributed by atoms with Crippen LogP contribution in [0.5, 0.6) is 11.5 Å². The molecule has 5 nitrogen and oxygen atoms in total. The number of hydrogen-bond acceptors (Lipinski definition) is 4. The third-order valence-corrected chi connectivity index (χ3v) is 4.96. The first kappa shape index (κ1) is 19.2. The lowest BCUT2D eigenvalue weighted by molar-refractivity contribution is -0.123. The number of likely N-dealkylation sites (tertiary alicyclic amines) is 1. The lowest BCUT2D eigenvalue weighted by Crippen LogP contribution is -2.38. The second kappa shape index (κ2) is 9.42. The molecule has 1 unspecified atom stereocenters. The van der Waals surface area contributed by atoms with E-state index in [2.05, 4.69) is 41.4 Å². The normalized spacial score (nSPS) is 15.3. The van der Waals surface area contributed by atoms with E-state index in [1.807, 2.05) is 18.2 Å².